The second kappa shape index (κ2) is 6.25. The first-order valence-corrected chi connectivity index (χ1v) is 7.15. The molecule has 1 unspecified atom stereocenters. The Morgan fingerprint density at radius 2 is 1.82 bits per heavy atom. The van der Waals surface area contributed by atoms with Gasteiger partial charge in [-0.25, -0.2) is 0 Å². The highest BCUT2D eigenvalue weighted by molar-refractivity contribution is 5.11. The largest absolute Gasteiger partial charge is 0.464 e. The molecule has 2 rings (SSSR count). The highest BCUT2D eigenvalue weighted by Crippen LogP contribution is 2.32. The number of furan rings is 1. The van der Waals surface area contributed by atoms with E-state index in [1.165, 1.54) is 44.9 Å². The first-order chi connectivity index (χ1) is 8.31. The van der Waals surface area contributed by atoms with Crippen LogP contribution in [0.15, 0.2) is 16.5 Å². The molecule has 96 valence electrons. The molecule has 0 amide bonds. The Morgan fingerprint density at radius 3 is 2.41 bits per heavy atom. The molecule has 0 aromatic carbocycles. The highest BCUT2D eigenvalue weighted by atomic mass is 16.3. The summed E-state index contributed by atoms with van der Waals surface area (Å²) in [5.74, 6) is 2.67. The molecule has 1 atom stereocenters. The fourth-order valence-electron chi connectivity index (χ4n) is 2.84. The molecule has 1 aliphatic rings. The number of hydrogen-bond donors (Lipinski definition) is 1. The second-order valence-electron chi connectivity index (χ2n) is 5.29. The van der Waals surface area contributed by atoms with Crippen LogP contribution in [0.2, 0.25) is 0 Å². The van der Waals surface area contributed by atoms with Gasteiger partial charge in [-0.05, 0) is 30.9 Å². The van der Waals surface area contributed by atoms with Crippen molar-refractivity contribution < 1.29 is 4.42 Å². The molecule has 2 nitrogen and oxygen atoms in total. The van der Waals surface area contributed by atoms with Gasteiger partial charge in [0.1, 0.15) is 11.5 Å². The second-order valence-corrected chi connectivity index (χ2v) is 5.29. The molecule has 1 fully saturated rings. The Balaban J connectivity index is 1.98. The van der Waals surface area contributed by atoms with Crippen LogP contribution >= 0.6 is 0 Å². The molecule has 2 N–H and O–H groups in total. The molecule has 0 saturated heterocycles. The van der Waals surface area contributed by atoms with Crippen LogP contribution in [0.5, 0.6) is 0 Å². The van der Waals surface area contributed by atoms with Gasteiger partial charge in [0.25, 0.3) is 0 Å². The molecule has 17 heavy (non-hydrogen) atoms. The zero-order valence-corrected chi connectivity index (χ0v) is 11.0. The predicted octanol–water partition coefficient (Wildman–Crippen LogP) is 4.20. The van der Waals surface area contributed by atoms with Gasteiger partial charge in [-0.15, -0.1) is 0 Å². The van der Waals surface area contributed by atoms with Gasteiger partial charge in [0, 0.05) is 6.42 Å². The standard InChI is InChI=1S/C15H25NO/c1-2-13-10-11-14(17-13)15(16)12-8-6-4-3-5-7-9-12/h10-12,15H,2-9,16H2,1H3. The van der Waals surface area contributed by atoms with E-state index in [0.717, 1.165) is 17.9 Å². The maximum atomic E-state index is 6.36. The number of nitrogens with two attached hydrogens (primary N) is 1. The minimum Gasteiger partial charge on any atom is -0.464 e. The lowest BCUT2D eigenvalue weighted by atomic mass is 9.85. The SMILES string of the molecule is CCc1ccc(C(N)C2CCCCCCC2)o1. The summed E-state index contributed by atoms with van der Waals surface area (Å²) in [6, 6.07) is 4.24. The first-order valence-electron chi connectivity index (χ1n) is 7.15. The molecule has 1 heterocycles. The number of rotatable bonds is 3. The fraction of sp³-hybridized carbons (Fsp3) is 0.733. The number of aryl methyl sites for hydroxylation is 1. The minimum atomic E-state index is 0.105. The summed E-state index contributed by atoms with van der Waals surface area (Å²) in [6.07, 6.45) is 10.3. The lowest BCUT2D eigenvalue weighted by Crippen LogP contribution is -2.21. The first kappa shape index (κ1) is 12.7. The third-order valence-electron chi connectivity index (χ3n) is 4.02. The fourth-order valence-corrected chi connectivity index (χ4v) is 2.84. The molecular formula is C15H25NO. The normalized spacial score (nSPS) is 20.8. The van der Waals surface area contributed by atoms with Gasteiger partial charge in [0.15, 0.2) is 0 Å². The van der Waals surface area contributed by atoms with Crippen molar-refractivity contribution in [2.24, 2.45) is 11.7 Å². The molecule has 0 bridgehead atoms. The number of hydrogen-bond acceptors (Lipinski definition) is 2. The lowest BCUT2D eigenvalue weighted by Gasteiger charge is -2.24. The van der Waals surface area contributed by atoms with Gasteiger partial charge >= 0.3 is 0 Å². The van der Waals surface area contributed by atoms with Crippen LogP contribution in [-0.4, -0.2) is 0 Å². The molecule has 0 spiro atoms. The van der Waals surface area contributed by atoms with E-state index in [0.29, 0.717) is 5.92 Å². The third-order valence-corrected chi connectivity index (χ3v) is 4.02. The average Bonchev–Trinajstić information content (AvgIpc) is 2.76. The van der Waals surface area contributed by atoms with Crippen LogP contribution in [0.4, 0.5) is 0 Å². The molecular weight excluding hydrogens is 210 g/mol. The van der Waals surface area contributed by atoms with Crippen LogP contribution in [0.3, 0.4) is 0 Å². The molecule has 1 aromatic heterocycles. The van der Waals surface area contributed by atoms with Gasteiger partial charge in [0.05, 0.1) is 6.04 Å². The quantitative estimate of drug-likeness (QED) is 0.852. The minimum absolute atomic E-state index is 0.105. The zero-order chi connectivity index (χ0) is 12.1. The van der Waals surface area contributed by atoms with E-state index in [1.54, 1.807) is 0 Å². The third kappa shape index (κ3) is 3.35. The summed E-state index contributed by atoms with van der Waals surface area (Å²) in [5.41, 5.74) is 6.36. The summed E-state index contributed by atoms with van der Waals surface area (Å²) in [4.78, 5) is 0. The molecule has 1 aromatic rings. The van der Waals surface area contributed by atoms with E-state index in [4.69, 9.17) is 10.2 Å². The molecule has 2 heteroatoms. The van der Waals surface area contributed by atoms with Gasteiger partial charge < -0.3 is 10.2 Å². The summed E-state index contributed by atoms with van der Waals surface area (Å²) in [7, 11) is 0. The van der Waals surface area contributed by atoms with Crippen LogP contribution in [0.25, 0.3) is 0 Å². The Hall–Kier alpha value is -0.760. The van der Waals surface area contributed by atoms with Crippen molar-refractivity contribution >= 4 is 0 Å². The monoisotopic (exact) mass is 235 g/mol. The van der Waals surface area contributed by atoms with Gasteiger partial charge in [-0.2, -0.15) is 0 Å². The van der Waals surface area contributed by atoms with Crippen molar-refractivity contribution in [3.8, 4) is 0 Å². The van der Waals surface area contributed by atoms with E-state index in [-0.39, 0.29) is 6.04 Å². The van der Waals surface area contributed by atoms with Crippen molar-refractivity contribution in [2.75, 3.05) is 0 Å². The van der Waals surface area contributed by atoms with Gasteiger partial charge in [0.2, 0.25) is 0 Å². The van der Waals surface area contributed by atoms with Crippen molar-refractivity contribution in [1.82, 2.24) is 0 Å². The Labute approximate surface area is 105 Å². The van der Waals surface area contributed by atoms with Gasteiger partial charge in [-0.3, -0.25) is 0 Å². The highest BCUT2D eigenvalue weighted by Gasteiger charge is 2.22. The van der Waals surface area contributed by atoms with Crippen LogP contribution in [0.1, 0.15) is 69.4 Å². The summed E-state index contributed by atoms with van der Waals surface area (Å²) >= 11 is 0. The smallest absolute Gasteiger partial charge is 0.121 e. The molecule has 0 aliphatic heterocycles. The van der Waals surface area contributed by atoms with E-state index in [2.05, 4.69) is 19.1 Å². The van der Waals surface area contributed by atoms with E-state index < -0.39 is 0 Å². The Morgan fingerprint density at radius 1 is 1.18 bits per heavy atom. The van der Waals surface area contributed by atoms with Crippen LogP contribution in [-0.2, 0) is 6.42 Å². The van der Waals surface area contributed by atoms with Crippen molar-refractivity contribution in [1.29, 1.82) is 0 Å². The van der Waals surface area contributed by atoms with E-state index >= 15 is 0 Å². The lowest BCUT2D eigenvalue weighted by molar-refractivity contribution is 0.293. The Kier molecular flexibility index (Phi) is 4.66. The van der Waals surface area contributed by atoms with Crippen molar-refractivity contribution in [3.63, 3.8) is 0 Å². The maximum absolute atomic E-state index is 6.36. The summed E-state index contributed by atoms with van der Waals surface area (Å²) in [5, 5.41) is 0. The van der Waals surface area contributed by atoms with Crippen LogP contribution in [0, 0.1) is 5.92 Å². The summed E-state index contributed by atoms with van der Waals surface area (Å²) < 4.78 is 5.79. The van der Waals surface area contributed by atoms with Crippen molar-refractivity contribution in [2.45, 2.75) is 64.3 Å². The van der Waals surface area contributed by atoms with Gasteiger partial charge in [-0.1, -0.05) is 39.0 Å². The van der Waals surface area contributed by atoms with Crippen molar-refractivity contribution in [3.05, 3.63) is 23.7 Å². The molecule has 1 saturated carbocycles. The topological polar surface area (TPSA) is 39.2 Å². The van der Waals surface area contributed by atoms with E-state index in [9.17, 15) is 0 Å². The predicted molar refractivity (Wildman–Crippen MR) is 70.8 cm³/mol. The zero-order valence-electron chi connectivity index (χ0n) is 11.0. The Bertz CT molecular complexity index is 323. The average molecular weight is 235 g/mol. The maximum Gasteiger partial charge on any atom is 0.121 e. The molecule has 0 radical (unpaired) electrons. The summed E-state index contributed by atoms with van der Waals surface area (Å²) in [6.45, 7) is 2.12. The van der Waals surface area contributed by atoms with Crippen LogP contribution < -0.4 is 5.73 Å². The van der Waals surface area contributed by atoms with E-state index in [1.807, 2.05) is 0 Å². The molecule has 1 aliphatic carbocycles.